The highest BCUT2D eigenvalue weighted by Crippen LogP contribution is 2.24. The third-order valence-electron chi connectivity index (χ3n) is 6.19. The van der Waals surface area contributed by atoms with E-state index in [-0.39, 0.29) is 29.9 Å². The number of hydrogen-bond acceptors (Lipinski definition) is 4. The third kappa shape index (κ3) is 5.37. The molecular weight excluding hydrogens is 366 g/mol. The first-order chi connectivity index (χ1) is 13.9. The molecule has 2 aliphatic heterocycles. The van der Waals surface area contributed by atoms with Gasteiger partial charge in [0.15, 0.2) is 0 Å². The predicted molar refractivity (Wildman–Crippen MR) is 115 cm³/mol. The zero-order chi connectivity index (χ0) is 21.0. The molecule has 0 spiro atoms. The van der Waals surface area contributed by atoms with Crippen molar-refractivity contribution in [2.45, 2.75) is 65.2 Å². The fourth-order valence-electron chi connectivity index (χ4n) is 4.34. The molecule has 0 bridgehead atoms. The van der Waals surface area contributed by atoms with Crippen molar-refractivity contribution in [3.05, 3.63) is 29.8 Å². The number of likely N-dealkylation sites (tertiary alicyclic amines) is 1. The highest BCUT2D eigenvalue weighted by molar-refractivity contribution is 6.04. The lowest BCUT2D eigenvalue weighted by molar-refractivity contribution is -0.119. The molecular formula is C23H35N3O3. The Kier molecular flexibility index (Phi) is 7.30. The molecule has 3 rings (SSSR count). The summed E-state index contributed by atoms with van der Waals surface area (Å²) in [5, 5.41) is 2.94. The molecule has 3 atom stereocenters. The van der Waals surface area contributed by atoms with E-state index in [0.29, 0.717) is 17.3 Å². The number of anilines is 1. The number of rotatable bonds is 5. The molecule has 2 saturated heterocycles. The van der Waals surface area contributed by atoms with Crippen molar-refractivity contribution in [1.82, 2.24) is 9.80 Å². The lowest BCUT2D eigenvalue weighted by atomic mass is 10.00. The molecule has 0 saturated carbocycles. The van der Waals surface area contributed by atoms with E-state index >= 15 is 0 Å². The smallest absolute Gasteiger partial charge is 0.255 e. The van der Waals surface area contributed by atoms with E-state index in [0.717, 1.165) is 45.4 Å². The topological polar surface area (TPSA) is 61.9 Å². The van der Waals surface area contributed by atoms with Gasteiger partial charge in [-0.2, -0.15) is 0 Å². The van der Waals surface area contributed by atoms with Crippen molar-refractivity contribution >= 4 is 17.5 Å². The second kappa shape index (κ2) is 9.72. The minimum absolute atomic E-state index is 0.00668. The summed E-state index contributed by atoms with van der Waals surface area (Å²) in [6.07, 6.45) is 3.26. The Morgan fingerprint density at radius 3 is 2.38 bits per heavy atom. The monoisotopic (exact) mass is 401 g/mol. The van der Waals surface area contributed by atoms with E-state index in [1.54, 1.807) is 0 Å². The Labute approximate surface area is 174 Å². The van der Waals surface area contributed by atoms with Gasteiger partial charge in [-0.1, -0.05) is 26.0 Å². The number of hydrogen-bond donors (Lipinski definition) is 1. The fraction of sp³-hybridized carbons (Fsp3) is 0.652. The van der Waals surface area contributed by atoms with Crippen molar-refractivity contribution in [3.8, 4) is 0 Å². The van der Waals surface area contributed by atoms with E-state index in [2.05, 4.69) is 24.1 Å². The summed E-state index contributed by atoms with van der Waals surface area (Å²) in [5.74, 6) is -0.110. The van der Waals surface area contributed by atoms with Crippen LogP contribution in [0.3, 0.4) is 0 Å². The van der Waals surface area contributed by atoms with Gasteiger partial charge in [0.1, 0.15) is 0 Å². The molecule has 0 radical (unpaired) electrons. The maximum absolute atomic E-state index is 13.2. The predicted octanol–water partition coefficient (Wildman–Crippen LogP) is 3.39. The molecule has 2 heterocycles. The number of amides is 2. The largest absolute Gasteiger partial charge is 0.373 e. The van der Waals surface area contributed by atoms with E-state index in [4.69, 9.17) is 4.74 Å². The van der Waals surface area contributed by atoms with Crippen molar-refractivity contribution in [1.29, 1.82) is 0 Å². The summed E-state index contributed by atoms with van der Waals surface area (Å²) in [6, 6.07) is 7.85. The summed E-state index contributed by atoms with van der Waals surface area (Å²) in [4.78, 5) is 29.9. The standard InChI is InChI=1S/C23H35N3O3/c1-5-16(2)22(27)24-21-9-7-6-8-20(21)23(28)25-12-10-19(11-13-25)26-14-17(3)29-18(4)15-26/h6-9,16-19H,5,10-15H2,1-4H3,(H,24,27)/t16?,17-,18+. The SMILES string of the molecule is CCC(C)C(=O)Nc1ccccc1C(=O)N1CCC(N2C[C@@H](C)O[C@@H](C)C2)CC1. The van der Waals surface area contributed by atoms with Gasteiger partial charge in [-0.25, -0.2) is 0 Å². The molecule has 1 unspecified atom stereocenters. The first-order valence-corrected chi connectivity index (χ1v) is 11.0. The number of nitrogens with zero attached hydrogens (tertiary/aromatic N) is 2. The number of piperidine rings is 1. The summed E-state index contributed by atoms with van der Waals surface area (Å²) in [5.41, 5.74) is 1.19. The average molecular weight is 402 g/mol. The average Bonchev–Trinajstić information content (AvgIpc) is 2.72. The number of ether oxygens (including phenoxy) is 1. The number of carbonyl (C=O) groups is 2. The van der Waals surface area contributed by atoms with E-state index in [1.807, 2.05) is 43.0 Å². The van der Waals surface area contributed by atoms with Crippen LogP contribution in [0.5, 0.6) is 0 Å². The number of morpholine rings is 1. The molecule has 6 nitrogen and oxygen atoms in total. The molecule has 1 aromatic carbocycles. The van der Waals surface area contributed by atoms with Gasteiger partial charge in [-0.3, -0.25) is 14.5 Å². The lowest BCUT2D eigenvalue weighted by Gasteiger charge is -2.43. The molecule has 0 aliphatic carbocycles. The third-order valence-corrected chi connectivity index (χ3v) is 6.19. The van der Waals surface area contributed by atoms with Crippen LogP contribution in [0.1, 0.15) is 57.3 Å². The van der Waals surface area contributed by atoms with Crippen LogP contribution in [0.4, 0.5) is 5.69 Å². The maximum atomic E-state index is 13.2. The van der Waals surface area contributed by atoms with Crippen molar-refractivity contribution in [2.75, 3.05) is 31.5 Å². The van der Waals surface area contributed by atoms with E-state index in [1.165, 1.54) is 0 Å². The molecule has 29 heavy (non-hydrogen) atoms. The highest BCUT2D eigenvalue weighted by atomic mass is 16.5. The van der Waals surface area contributed by atoms with Crippen LogP contribution in [-0.4, -0.2) is 66.0 Å². The Morgan fingerprint density at radius 2 is 1.76 bits per heavy atom. The van der Waals surface area contributed by atoms with Crippen LogP contribution in [0, 0.1) is 5.92 Å². The Morgan fingerprint density at radius 1 is 1.14 bits per heavy atom. The summed E-state index contributed by atoms with van der Waals surface area (Å²) in [7, 11) is 0. The van der Waals surface area contributed by atoms with Gasteiger partial charge in [0.25, 0.3) is 5.91 Å². The van der Waals surface area contributed by atoms with E-state index < -0.39 is 0 Å². The van der Waals surface area contributed by atoms with Gasteiger partial charge < -0.3 is 15.0 Å². The van der Waals surface area contributed by atoms with Crippen molar-refractivity contribution < 1.29 is 14.3 Å². The quantitative estimate of drug-likeness (QED) is 0.822. The normalized spacial score (nSPS) is 24.9. The molecule has 2 aliphatic rings. The molecule has 1 N–H and O–H groups in total. The second-order valence-electron chi connectivity index (χ2n) is 8.58. The van der Waals surface area contributed by atoms with Crippen molar-refractivity contribution in [3.63, 3.8) is 0 Å². The minimum atomic E-state index is -0.0767. The minimum Gasteiger partial charge on any atom is -0.373 e. The molecule has 2 fully saturated rings. The Hall–Kier alpha value is -1.92. The second-order valence-corrected chi connectivity index (χ2v) is 8.58. The number of para-hydroxylation sites is 1. The van der Waals surface area contributed by atoms with Crippen LogP contribution in [0.2, 0.25) is 0 Å². The van der Waals surface area contributed by atoms with Crippen LogP contribution in [-0.2, 0) is 9.53 Å². The van der Waals surface area contributed by atoms with Gasteiger partial charge in [0.05, 0.1) is 23.5 Å². The van der Waals surface area contributed by atoms with E-state index in [9.17, 15) is 9.59 Å². The first kappa shape index (κ1) is 21.8. The number of nitrogens with one attached hydrogen (secondary N) is 1. The Balaban J connectivity index is 1.62. The molecule has 0 aromatic heterocycles. The highest BCUT2D eigenvalue weighted by Gasteiger charge is 2.32. The molecule has 160 valence electrons. The van der Waals surface area contributed by atoms with Gasteiger partial charge >= 0.3 is 0 Å². The zero-order valence-electron chi connectivity index (χ0n) is 18.2. The van der Waals surface area contributed by atoms with Crippen molar-refractivity contribution in [2.24, 2.45) is 5.92 Å². The number of benzene rings is 1. The van der Waals surface area contributed by atoms with Gasteiger partial charge in [0, 0.05) is 38.1 Å². The lowest BCUT2D eigenvalue weighted by Crippen LogP contribution is -2.53. The Bertz CT molecular complexity index is 705. The zero-order valence-corrected chi connectivity index (χ0v) is 18.2. The van der Waals surface area contributed by atoms with Crippen LogP contribution in [0.25, 0.3) is 0 Å². The number of carbonyl (C=O) groups excluding carboxylic acids is 2. The summed E-state index contributed by atoms with van der Waals surface area (Å²) >= 11 is 0. The summed E-state index contributed by atoms with van der Waals surface area (Å²) < 4.78 is 5.85. The summed E-state index contributed by atoms with van der Waals surface area (Å²) in [6.45, 7) is 11.6. The first-order valence-electron chi connectivity index (χ1n) is 11.0. The van der Waals surface area contributed by atoms with Gasteiger partial charge in [-0.05, 0) is 45.2 Å². The molecule has 2 amide bonds. The van der Waals surface area contributed by atoms with Gasteiger partial charge in [0.2, 0.25) is 5.91 Å². The fourth-order valence-corrected chi connectivity index (χ4v) is 4.34. The van der Waals surface area contributed by atoms with Crippen LogP contribution < -0.4 is 5.32 Å². The van der Waals surface area contributed by atoms with Crippen LogP contribution in [0.15, 0.2) is 24.3 Å². The molecule has 6 heteroatoms. The van der Waals surface area contributed by atoms with Gasteiger partial charge in [-0.15, -0.1) is 0 Å². The maximum Gasteiger partial charge on any atom is 0.255 e. The molecule has 1 aromatic rings. The van der Waals surface area contributed by atoms with Crippen LogP contribution >= 0.6 is 0 Å².